The highest BCUT2D eigenvalue weighted by Crippen LogP contribution is 2.43. The fraction of sp³-hybridized carbons (Fsp3) is 0.857. The SMILES string of the molecule is CC(NCC1CC2C=CC1C2)C1CCCO1. The molecule has 0 spiro atoms. The normalized spacial score (nSPS) is 43.1. The first-order chi connectivity index (χ1) is 7.83. The monoisotopic (exact) mass is 221 g/mol. The van der Waals surface area contributed by atoms with Gasteiger partial charge in [-0.2, -0.15) is 0 Å². The van der Waals surface area contributed by atoms with Crippen LogP contribution in [-0.2, 0) is 4.74 Å². The van der Waals surface area contributed by atoms with E-state index in [0.29, 0.717) is 12.1 Å². The van der Waals surface area contributed by atoms with Gasteiger partial charge < -0.3 is 10.1 Å². The van der Waals surface area contributed by atoms with Crippen molar-refractivity contribution in [1.29, 1.82) is 0 Å². The Balaban J connectivity index is 1.44. The summed E-state index contributed by atoms with van der Waals surface area (Å²) in [5.41, 5.74) is 0. The van der Waals surface area contributed by atoms with Gasteiger partial charge in [0.25, 0.3) is 0 Å². The summed E-state index contributed by atoms with van der Waals surface area (Å²) in [6, 6.07) is 0.533. The molecule has 90 valence electrons. The van der Waals surface area contributed by atoms with Gasteiger partial charge >= 0.3 is 0 Å². The average molecular weight is 221 g/mol. The van der Waals surface area contributed by atoms with Crippen molar-refractivity contribution in [1.82, 2.24) is 5.32 Å². The third-order valence-corrected chi connectivity index (χ3v) is 4.64. The molecule has 16 heavy (non-hydrogen) atoms. The van der Waals surface area contributed by atoms with E-state index in [1.165, 1.54) is 32.2 Å². The highest BCUT2D eigenvalue weighted by atomic mass is 16.5. The Hall–Kier alpha value is -0.340. The lowest BCUT2D eigenvalue weighted by Crippen LogP contribution is -2.40. The van der Waals surface area contributed by atoms with Crippen molar-refractivity contribution in [2.75, 3.05) is 13.2 Å². The number of rotatable bonds is 4. The van der Waals surface area contributed by atoms with Crippen LogP contribution in [-0.4, -0.2) is 25.3 Å². The van der Waals surface area contributed by atoms with E-state index in [4.69, 9.17) is 4.74 Å². The van der Waals surface area contributed by atoms with Gasteiger partial charge in [-0.05, 0) is 56.9 Å². The minimum Gasteiger partial charge on any atom is -0.377 e. The molecule has 3 rings (SSSR count). The summed E-state index contributed by atoms with van der Waals surface area (Å²) in [5.74, 6) is 2.66. The predicted octanol–water partition coefficient (Wildman–Crippen LogP) is 2.36. The second-order valence-corrected chi connectivity index (χ2v) is 5.79. The zero-order valence-electron chi connectivity index (χ0n) is 10.2. The minimum absolute atomic E-state index is 0.467. The van der Waals surface area contributed by atoms with Crippen molar-refractivity contribution < 1.29 is 4.74 Å². The Labute approximate surface area is 98.4 Å². The quantitative estimate of drug-likeness (QED) is 0.736. The number of ether oxygens (including phenoxy) is 1. The molecule has 0 radical (unpaired) electrons. The molecule has 5 atom stereocenters. The van der Waals surface area contributed by atoms with Crippen LogP contribution in [0, 0.1) is 17.8 Å². The van der Waals surface area contributed by atoms with Gasteiger partial charge in [-0.3, -0.25) is 0 Å². The molecule has 1 saturated carbocycles. The zero-order chi connectivity index (χ0) is 11.0. The Bertz CT molecular complexity index is 270. The first-order valence-corrected chi connectivity index (χ1v) is 6.86. The molecule has 5 unspecified atom stereocenters. The van der Waals surface area contributed by atoms with Crippen LogP contribution in [0.25, 0.3) is 0 Å². The van der Waals surface area contributed by atoms with Gasteiger partial charge in [0, 0.05) is 12.6 Å². The molecule has 1 aliphatic heterocycles. The van der Waals surface area contributed by atoms with Crippen molar-refractivity contribution in [2.45, 2.75) is 44.8 Å². The molecule has 1 heterocycles. The molecule has 0 amide bonds. The summed E-state index contributed by atoms with van der Waals surface area (Å²) in [7, 11) is 0. The van der Waals surface area contributed by atoms with Crippen molar-refractivity contribution >= 4 is 0 Å². The number of nitrogens with one attached hydrogen (secondary N) is 1. The van der Waals surface area contributed by atoms with Crippen LogP contribution in [0.1, 0.15) is 32.6 Å². The van der Waals surface area contributed by atoms with E-state index in [9.17, 15) is 0 Å². The predicted molar refractivity (Wildman–Crippen MR) is 65.3 cm³/mol. The van der Waals surface area contributed by atoms with Crippen LogP contribution >= 0.6 is 0 Å². The Morgan fingerprint density at radius 3 is 2.94 bits per heavy atom. The average Bonchev–Trinajstić information content (AvgIpc) is 3.01. The number of hydrogen-bond donors (Lipinski definition) is 1. The van der Waals surface area contributed by atoms with E-state index < -0.39 is 0 Å². The molecule has 2 fully saturated rings. The van der Waals surface area contributed by atoms with Crippen LogP contribution in [0.5, 0.6) is 0 Å². The molecule has 2 bridgehead atoms. The van der Waals surface area contributed by atoms with Crippen molar-refractivity contribution in [3.05, 3.63) is 12.2 Å². The Morgan fingerprint density at radius 2 is 2.31 bits per heavy atom. The second kappa shape index (κ2) is 4.50. The van der Waals surface area contributed by atoms with Gasteiger partial charge in [-0.1, -0.05) is 12.2 Å². The summed E-state index contributed by atoms with van der Waals surface area (Å²) < 4.78 is 5.72. The fourth-order valence-corrected chi connectivity index (χ4v) is 3.59. The van der Waals surface area contributed by atoms with Crippen molar-refractivity contribution in [3.63, 3.8) is 0 Å². The third-order valence-electron chi connectivity index (χ3n) is 4.64. The highest BCUT2D eigenvalue weighted by Gasteiger charge is 2.35. The highest BCUT2D eigenvalue weighted by molar-refractivity contribution is 5.10. The summed E-state index contributed by atoms with van der Waals surface area (Å²) in [6.45, 7) is 4.43. The first kappa shape index (κ1) is 10.8. The smallest absolute Gasteiger partial charge is 0.0726 e. The van der Waals surface area contributed by atoms with Crippen molar-refractivity contribution in [3.8, 4) is 0 Å². The molecule has 2 aliphatic carbocycles. The van der Waals surface area contributed by atoms with Gasteiger partial charge in [0.15, 0.2) is 0 Å². The number of hydrogen-bond acceptors (Lipinski definition) is 2. The van der Waals surface area contributed by atoms with E-state index in [1.807, 2.05) is 0 Å². The van der Waals surface area contributed by atoms with Gasteiger partial charge in [-0.25, -0.2) is 0 Å². The topological polar surface area (TPSA) is 21.3 Å². The maximum absolute atomic E-state index is 5.72. The molecule has 0 aromatic carbocycles. The lowest BCUT2D eigenvalue weighted by atomic mass is 9.93. The second-order valence-electron chi connectivity index (χ2n) is 5.79. The maximum atomic E-state index is 5.72. The molecular formula is C14H23NO. The largest absolute Gasteiger partial charge is 0.377 e. The standard InChI is InChI=1S/C14H23NO/c1-10(14-3-2-6-16-14)15-9-13-8-11-4-5-12(13)7-11/h4-5,10-15H,2-3,6-9H2,1H3. The van der Waals surface area contributed by atoms with Gasteiger partial charge in [0.2, 0.25) is 0 Å². The third kappa shape index (κ3) is 2.05. The van der Waals surface area contributed by atoms with Crippen LogP contribution in [0.3, 0.4) is 0 Å². The van der Waals surface area contributed by atoms with E-state index >= 15 is 0 Å². The Kier molecular flexibility index (Phi) is 3.03. The zero-order valence-corrected chi connectivity index (χ0v) is 10.2. The molecule has 0 aromatic rings. The molecule has 2 heteroatoms. The van der Waals surface area contributed by atoms with Crippen LogP contribution in [0.4, 0.5) is 0 Å². The fourth-order valence-electron chi connectivity index (χ4n) is 3.59. The van der Waals surface area contributed by atoms with Gasteiger partial charge in [0.1, 0.15) is 0 Å². The summed E-state index contributed by atoms with van der Waals surface area (Å²) in [6.07, 6.45) is 10.6. The molecule has 1 N–H and O–H groups in total. The van der Waals surface area contributed by atoms with E-state index in [1.54, 1.807) is 0 Å². The Morgan fingerprint density at radius 1 is 1.38 bits per heavy atom. The molecule has 2 nitrogen and oxygen atoms in total. The summed E-state index contributed by atoms with van der Waals surface area (Å²) >= 11 is 0. The number of fused-ring (bicyclic) bond motifs is 2. The van der Waals surface area contributed by atoms with Crippen molar-refractivity contribution in [2.24, 2.45) is 17.8 Å². The minimum atomic E-state index is 0.467. The van der Waals surface area contributed by atoms with E-state index in [0.717, 1.165) is 24.4 Å². The molecular weight excluding hydrogens is 198 g/mol. The summed E-state index contributed by atoms with van der Waals surface area (Å²) in [4.78, 5) is 0. The van der Waals surface area contributed by atoms with Crippen LogP contribution in [0.15, 0.2) is 12.2 Å². The molecule has 0 aromatic heterocycles. The lowest BCUT2D eigenvalue weighted by Gasteiger charge is -2.24. The van der Waals surface area contributed by atoms with Gasteiger partial charge in [-0.15, -0.1) is 0 Å². The lowest BCUT2D eigenvalue weighted by molar-refractivity contribution is 0.0818. The van der Waals surface area contributed by atoms with E-state index in [-0.39, 0.29) is 0 Å². The molecule has 3 aliphatic rings. The van der Waals surface area contributed by atoms with Crippen LogP contribution in [0.2, 0.25) is 0 Å². The number of allylic oxidation sites excluding steroid dienone is 2. The van der Waals surface area contributed by atoms with E-state index in [2.05, 4.69) is 24.4 Å². The van der Waals surface area contributed by atoms with Crippen LogP contribution < -0.4 is 5.32 Å². The summed E-state index contributed by atoms with van der Waals surface area (Å²) in [5, 5.41) is 3.69. The first-order valence-electron chi connectivity index (χ1n) is 6.86. The van der Waals surface area contributed by atoms with Gasteiger partial charge in [0.05, 0.1) is 6.10 Å². The maximum Gasteiger partial charge on any atom is 0.0726 e. The molecule has 1 saturated heterocycles.